The lowest BCUT2D eigenvalue weighted by atomic mass is 10.3. The van der Waals surface area contributed by atoms with E-state index in [4.69, 9.17) is 0 Å². The van der Waals surface area contributed by atoms with Gasteiger partial charge in [0.25, 0.3) is 10.0 Å². The predicted molar refractivity (Wildman–Crippen MR) is 31.1 cm³/mol. The quantitative estimate of drug-likeness (QED) is 0.569. The molecule has 0 atom stereocenters. The molecule has 10 heavy (non-hydrogen) atoms. The van der Waals surface area contributed by atoms with Gasteiger partial charge in [0.05, 0.1) is 0 Å². The molecule has 1 N–H and O–H groups in total. The summed E-state index contributed by atoms with van der Waals surface area (Å²) in [5.41, 5.74) is 0. The van der Waals surface area contributed by atoms with Gasteiger partial charge in [0.1, 0.15) is 0 Å². The summed E-state index contributed by atoms with van der Waals surface area (Å²) in [6, 6.07) is 0. The number of nitrogens with one attached hydrogen (secondary N) is 1. The van der Waals surface area contributed by atoms with Crippen molar-refractivity contribution in [3.05, 3.63) is 0 Å². The van der Waals surface area contributed by atoms with Crippen LogP contribution in [-0.2, 0) is 10.0 Å². The molecular weight excluding hydrogens is 164 g/mol. The van der Waals surface area contributed by atoms with E-state index >= 15 is 0 Å². The minimum Gasteiger partial charge on any atom is -0.210 e. The molecule has 0 aromatic rings. The van der Waals surface area contributed by atoms with Crippen LogP contribution in [0.1, 0.15) is 12.8 Å². The molecule has 0 bridgehead atoms. The maximum Gasteiger partial charge on any atom is 0.359 e. The number of rotatable bonds is 0. The lowest BCUT2D eigenvalue weighted by molar-refractivity contribution is 0.0722. The highest BCUT2D eigenvalue weighted by atomic mass is 32.2. The summed E-state index contributed by atoms with van der Waals surface area (Å²) in [6.07, 6.45) is -0.367. The number of halogens is 2. The van der Waals surface area contributed by atoms with Gasteiger partial charge in [0.2, 0.25) is 0 Å². The zero-order valence-electron chi connectivity index (χ0n) is 5.10. The van der Waals surface area contributed by atoms with E-state index in [-0.39, 0.29) is 13.0 Å². The molecule has 0 saturated carbocycles. The third-order valence-corrected chi connectivity index (χ3v) is 2.90. The van der Waals surface area contributed by atoms with Crippen molar-refractivity contribution in [1.82, 2.24) is 4.72 Å². The van der Waals surface area contributed by atoms with Crippen LogP contribution in [-0.4, -0.2) is 20.2 Å². The highest BCUT2D eigenvalue weighted by molar-refractivity contribution is 7.90. The largest absolute Gasteiger partial charge is 0.359 e. The Morgan fingerprint density at radius 3 is 2.30 bits per heavy atom. The van der Waals surface area contributed by atoms with Gasteiger partial charge in [-0.15, -0.1) is 0 Å². The van der Waals surface area contributed by atoms with E-state index in [0.29, 0.717) is 0 Å². The molecule has 0 aromatic carbocycles. The fourth-order valence-electron chi connectivity index (χ4n) is 0.741. The van der Waals surface area contributed by atoms with Gasteiger partial charge in [-0.3, -0.25) is 0 Å². The van der Waals surface area contributed by atoms with Gasteiger partial charge >= 0.3 is 5.25 Å². The van der Waals surface area contributed by atoms with Crippen molar-refractivity contribution in [3.8, 4) is 0 Å². The number of hydrogen-bond acceptors (Lipinski definition) is 2. The maximum absolute atomic E-state index is 12.3. The first kappa shape index (κ1) is 7.87. The minimum atomic E-state index is -4.34. The van der Waals surface area contributed by atoms with Gasteiger partial charge in [0.15, 0.2) is 0 Å². The normalized spacial score (nSPS) is 29.8. The first-order valence-electron chi connectivity index (χ1n) is 2.83. The predicted octanol–water partition coefficient (Wildman–Crippen LogP) is 0.292. The van der Waals surface area contributed by atoms with Crippen LogP contribution in [0.5, 0.6) is 0 Å². The first-order chi connectivity index (χ1) is 4.46. The molecule has 1 aliphatic heterocycles. The van der Waals surface area contributed by atoms with Crippen LogP contribution in [0, 0.1) is 0 Å². The fraction of sp³-hybridized carbons (Fsp3) is 1.00. The summed E-state index contributed by atoms with van der Waals surface area (Å²) in [5.74, 6) is 0. The van der Waals surface area contributed by atoms with Crippen molar-refractivity contribution < 1.29 is 17.2 Å². The van der Waals surface area contributed by atoms with Crippen molar-refractivity contribution in [2.45, 2.75) is 18.1 Å². The third kappa shape index (κ3) is 1.13. The highest BCUT2D eigenvalue weighted by Crippen LogP contribution is 2.28. The molecule has 1 aliphatic rings. The Bertz CT molecular complexity index is 223. The van der Waals surface area contributed by atoms with Crippen LogP contribution >= 0.6 is 0 Å². The molecular formula is C4H7F2NO2S. The lowest BCUT2D eigenvalue weighted by Crippen LogP contribution is -2.44. The van der Waals surface area contributed by atoms with Crippen LogP contribution in [0.4, 0.5) is 8.78 Å². The second kappa shape index (κ2) is 2.13. The standard InChI is InChI=1S/C4H7F2NO2S/c5-4(6)2-1-3-7-10(4,8)9/h7H,1-3H2. The minimum absolute atomic E-state index is 0.123. The molecule has 0 radical (unpaired) electrons. The molecule has 0 spiro atoms. The Morgan fingerprint density at radius 2 is 2.00 bits per heavy atom. The smallest absolute Gasteiger partial charge is 0.210 e. The second-order valence-electron chi connectivity index (χ2n) is 2.14. The van der Waals surface area contributed by atoms with Crippen LogP contribution < -0.4 is 4.72 Å². The molecule has 1 rings (SSSR count). The molecule has 0 unspecified atom stereocenters. The van der Waals surface area contributed by atoms with Crippen LogP contribution in [0.3, 0.4) is 0 Å². The Morgan fingerprint density at radius 1 is 1.40 bits per heavy atom. The van der Waals surface area contributed by atoms with Gasteiger partial charge in [-0.25, -0.2) is 13.1 Å². The summed E-state index contributed by atoms with van der Waals surface area (Å²) in [4.78, 5) is 0. The van der Waals surface area contributed by atoms with E-state index in [1.54, 1.807) is 4.72 Å². The summed E-state index contributed by atoms with van der Waals surface area (Å²) >= 11 is 0. The molecule has 1 saturated heterocycles. The van der Waals surface area contributed by atoms with E-state index in [1.165, 1.54) is 0 Å². The van der Waals surface area contributed by atoms with Gasteiger partial charge in [-0.1, -0.05) is 0 Å². The molecule has 0 aliphatic carbocycles. The summed E-state index contributed by atoms with van der Waals surface area (Å²) in [5, 5.41) is -3.56. The zero-order valence-corrected chi connectivity index (χ0v) is 5.92. The van der Waals surface area contributed by atoms with Crippen molar-refractivity contribution in [3.63, 3.8) is 0 Å². The monoisotopic (exact) mass is 171 g/mol. The van der Waals surface area contributed by atoms with Crippen LogP contribution in [0.2, 0.25) is 0 Å². The van der Waals surface area contributed by atoms with E-state index in [1.807, 2.05) is 0 Å². The van der Waals surface area contributed by atoms with Crippen molar-refractivity contribution >= 4 is 10.0 Å². The maximum atomic E-state index is 12.3. The highest BCUT2D eigenvalue weighted by Gasteiger charge is 2.46. The summed E-state index contributed by atoms with van der Waals surface area (Å²) in [7, 11) is -4.34. The second-order valence-corrected chi connectivity index (χ2v) is 4.03. The van der Waals surface area contributed by atoms with E-state index in [9.17, 15) is 17.2 Å². The Kier molecular flexibility index (Phi) is 1.68. The Hall–Kier alpha value is -0.230. The van der Waals surface area contributed by atoms with Gasteiger partial charge in [0, 0.05) is 13.0 Å². The van der Waals surface area contributed by atoms with Crippen LogP contribution in [0.25, 0.3) is 0 Å². The van der Waals surface area contributed by atoms with Crippen molar-refractivity contribution in [1.29, 1.82) is 0 Å². The van der Waals surface area contributed by atoms with E-state index < -0.39 is 21.7 Å². The Balaban J connectivity index is 2.92. The molecule has 0 aromatic heterocycles. The lowest BCUT2D eigenvalue weighted by Gasteiger charge is -2.21. The fourth-order valence-corrected chi connectivity index (χ4v) is 1.78. The van der Waals surface area contributed by atoms with Gasteiger partial charge < -0.3 is 0 Å². The van der Waals surface area contributed by atoms with E-state index in [0.717, 1.165) is 0 Å². The molecule has 1 heterocycles. The van der Waals surface area contributed by atoms with Crippen molar-refractivity contribution in [2.75, 3.05) is 6.54 Å². The average molecular weight is 171 g/mol. The topological polar surface area (TPSA) is 46.2 Å². The first-order valence-corrected chi connectivity index (χ1v) is 4.31. The number of sulfonamides is 1. The van der Waals surface area contributed by atoms with E-state index in [2.05, 4.69) is 0 Å². The Labute approximate surface area is 57.5 Å². The molecule has 6 heteroatoms. The molecule has 3 nitrogen and oxygen atoms in total. The number of hydrogen-bond donors (Lipinski definition) is 1. The van der Waals surface area contributed by atoms with Crippen molar-refractivity contribution in [2.24, 2.45) is 0 Å². The van der Waals surface area contributed by atoms with Gasteiger partial charge in [-0.2, -0.15) is 8.78 Å². The summed E-state index contributed by atoms with van der Waals surface area (Å²) < 4.78 is 47.3. The molecule has 1 fully saturated rings. The molecule has 0 amide bonds. The average Bonchev–Trinajstić information content (AvgIpc) is 1.77. The van der Waals surface area contributed by atoms with Crippen LogP contribution in [0.15, 0.2) is 0 Å². The molecule has 60 valence electrons. The van der Waals surface area contributed by atoms with Gasteiger partial charge in [-0.05, 0) is 6.42 Å². The summed E-state index contributed by atoms with van der Waals surface area (Å²) in [6.45, 7) is 0.123. The zero-order chi connectivity index (χ0) is 7.83. The number of alkyl halides is 2. The third-order valence-electron chi connectivity index (χ3n) is 1.33. The SMILES string of the molecule is O=S1(=O)NCCCC1(F)F.